The number of piperazine rings is 1. The van der Waals surface area contributed by atoms with Crippen molar-refractivity contribution in [2.24, 2.45) is 5.73 Å². The summed E-state index contributed by atoms with van der Waals surface area (Å²) in [5.74, 6) is -1.71. The first-order valence-electron chi connectivity index (χ1n) is 9.28. The quantitative estimate of drug-likeness (QED) is 0.550. The molecular weight excluding hydrogens is 408 g/mol. The lowest BCUT2D eigenvalue weighted by atomic mass is 10.0. The zero-order valence-electron chi connectivity index (χ0n) is 16.1. The maximum Gasteiger partial charge on any atom is 0.251 e. The summed E-state index contributed by atoms with van der Waals surface area (Å²) in [5.41, 5.74) is 6.31. The van der Waals surface area contributed by atoms with Crippen molar-refractivity contribution in [1.82, 2.24) is 14.9 Å². The Hall–Kier alpha value is -3.24. The van der Waals surface area contributed by atoms with Crippen LogP contribution in [0.3, 0.4) is 0 Å². The van der Waals surface area contributed by atoms with E-state index in [1.807, 2.05) is 30.3 Å². The van der Waals surface area contributed by atoms with Crippen molar-refractivity contribution in [2.75, 3.05) is 19.6 Å². The van der Waals surface area contributed by atoms with E-state index in [9.17, 15) is 22.8 Å². The van der Waals surface area contributed by atoms with E-state index in [-0.39, 0.29) is 42.4 Å². The monoisotopic (exact) mass is 430 g/mol. The van der Waals surface area contributed by atoms with Crippen molar-refractivity contribution in [1.29, 1.82) is 0 Å². The lowest BCUT2D eigenvalue weighted by Gasteiger charge is -2.26. The van der Waals surface area contributed by atoms with E-state index >= 15 is 0 Å². The smallest absolute Gasteiger partial charge is 0.251 e. The Morgan fingerprint density at radius 1 is 1.13 bits per heavy atom. The normalized spacial score (nSPS) is 15.8. The van der Waals surface area contributed by atoms with Crippen LogP contribution in [0.4, 0.5) is 0 Å². The van der Waals surface area contributed by atoms with Gasteiger partial charge in [-0.3, -0.25) is 14.4 Å². The highest BCUT2D eigenvalue weighted by Crippen LogP contribution is 2.18. The second-order valence-corrected chi connectivity index (χ2v) is 8.77. The molecule has 0 aliphatic carbocycles. The highest BCUT2D eigenvalue weighted by Gasteiger charge is 2.30. The number of hydrogen-bond donors (Lipinski definition) is 3. The van der Waals surface area contributed by atoms with E-state index in [4.69, 9.17) is 5.73 Å². The zero-order chi connectivity index (χ0) is 21.7. The van der Waals surface area contributed by atoms with E-state index < -0.39 is 27.9 Å². The summed E-state index contributed by atoms with van der Waals surface area (Å²) >= 11 is 0. The van der Waals surface area contributed by atoms with Crippen molar-refractivity contribution in [3.8, 4) is 0 Å². The Morgan fingerprint density at radius 3 is 2.53 bits per heavy atom. The van der Waals surface area contributed by atoms with E-state index in [1.165, 1.54) is 24.3 Å². The van der Waals surface area contributed by atoms with Gasteiger partial charge >= 0.3 is 0 Å². The van der Waals surface area contributed by atoms with Crippen LogP contribution in [-0.4, -0.2) is 56.1 Å². The fourth-order valence-corrected chi connectivity index (χ4v) is 4.52. The molecule has 3 rings (SSSR count). The molecule has 9 nitrogen and oxygen atoms in total. The van der Waals surface area contributed by atoms with E-state index in [0.717, 1.165) is 9.87 Å². The first-order valence-corrected chi connectivity index (χ1v) is 10.7. The minimum Gasteiger partial charge on any atom is -0.368 e. The first kappa shape index (κ1) is 21.5. The lowest BCUT2D eigenvalue weighted by molar-refractivity contribution is -0.122. The topological polar surface area (TPSA) is 139 Å². The van der Waals surface area contributed by atoms with Crippen molar-refractivity contribution in [3.63, 3.8) is 0 Å². The van der Waals surface area contributed by atoms with Crippen LogP contribution >= 0.6 is 0 Å². The van der Waals surface area contributed by atoms with Crippen LogP contribution in [0, 0.1) is 0 Å². The van der Waals surface area contributed by atoms with E-state index in [2.05, 4.69) is 10.6 Å². The van der Waals surface area contributed by atoms with Crippen LogP contribution in [0.5, 0.6) is 0 Å². The number of rotatable bonds is 7. The van der Waals surface area contributed by atoms with Crippen molar-refractivity contribution in [3.05, 3.63) is 65.7 Å². The third-order valence-corrected chi connectivity index (χ3v) is 6.51. The van der Waals surface area contributed by atoms with Crippen LogP contribution < -0.4 is 16.4 Å². The summed E-state index contributed by atoms with van der Waals surface area (Å²) in [4.78, 5) is 35.9. The largest absolute Gasteiger partial charge is 0.368 e. The molecule has 2 aromatic rings. The van der Waals surface area contributed by atoms with Crippen molar-refractivity contribution in [2.45, 2.75) is 17.4 Å². The van der Waals surface area contributed by atoms with Gasteiger partial charge in [0, 0.05) is 25.1 Å². The van der Waals surface area contributed by atoms with E-state index in [1.54, 1.807) is 0 Å². The average Bonchev–Trinajstić information content (AvgIpc) is 2.74. The number of sulfonamides is 1. The Balaban J connectivity index is 1.78. The Bertz CT molecular complexity index is 1060. The summed E-state index contributed by atoms with van der Waals surface area (Å²) in [6, 6.07) is 13.6. The predicted octanol–water partition coefficient (Wildman–Crippen LogP) is -0.366. The molecule has 0 radical (unpaired) electrons. The standard InChI is InChI=1S/C20H22N4O5S/c21-19(26)17(11-14-5-2-1-3-6-14)23-20(27)15-7-4-8-16(12-15)30(28,29)24-10-9-22-18(25)13-24/h1-8,12,17H,9-11,13H2,(H2,21,26)(H,22,25)(H,23,27). The summed E-state index contributed by atoms with van der Waals surface area (Å²) in [6.45, 7) is 0.0862. The number of primary amides is 1. The van der Waals surface area contributed by atoms with E-state index in [0.29, 0.717) is 0 Å². The second kappa shape index (κ2) is 9.06. The number of hydrogen-bond acceptors (Lipinski definition) is 5. The molecule has 30 heavy (non-hydrogen) atoms. The summed E-state index contributed by atoms with van der Waals surface area (Å²) in [6.07, 6.45) is 0.211. The molecule has 1 aliphatic heterocycles. The van der Waals surface area contributed by atoms with Gasteiger partial charge in [0.25, 0.3) is 5.91 Å². The molecule has 0 bridgehead atoms. The van der Waals surface area contributed by atoms with Crippen LogP contribution in [-0.2, 0) is 26.0 Å². The molecule has 158 valence electrons. The van der Waals surface area contributed by atoms with Gasteiger partial charge in [-0.15, -0.1) is 0 Å². The van der Waals surface area contributed by atoms with Crippen LogP contribution in [0.25, 0.3) is 0 Å². The number of carbonyl (C=O) groups is 3. The molecule has 0 spiro atoms. The molecule has 0 saturated carbocycles. The minimum absolute atomic E-state index is 0.0665. The Kier molecular flexibility index (Phi) is 6.48. The van der Waals surface area contributed by atoms with Gasteiger partial charge < -0.3 is 16.4 Å². The van der Waals surface area contributed by atoms with Crippen molar-refractivity contribution >= 4 is 27.7 Å². The predicted molar refractivity (Wildman–Crippen MR) is 109 cm³/mol. The Morgan fingerprint density at radius 2 is 1.87 bits per heavy atom. The van der Waals surface area contributed by atoms with Gasteiger partial charge in [-0.2, -0.15) is 4.31 Å². The Labute approximate surface area is 174 Å². The maximum absolute atomic E-state index is 12.8. The number of nitrogens with two attached hydrogens (primary N) is 1. The van der Waals surface area contributed by atoms with Gasteiger partial charge in [-0.25, -0.2) is 8.42 Å². The molecule has 1 aliphatic rings. The van der Waals surface area contributed by atoms with Gasteiger partial charge in [-0.1, -0.05) is 36.4 Å². The van der Waals surface area contributed by atoms with Gasteiger partial charge in [0.15, 0.2) is 0 Å². The first-order chi connectivity index (χ1) is 14.3. The fraction of sp³-hybridized carbons (Fsp3) is 0.250. The summed E-state index contributed by atoms with van der Waals surface area (Å²) < 4.78 is 26.7. The molecular formula is C20H22N4O5S. The van der Waals surface area contributed by atoms with Crippen LogP contribution in [0.2, 0.25) is 0 Å². The average molecular weight is 430 g/mol. The highest BCUT2D eigenvalue weighted by molar-refractivity contribution is 7.89. The number of nitrogens with one attached hydrogen (secondary N) is 2. The molecule has 0 aromatic heterocycles. The third kappa shape index (κ3) is 5.02. The number of benzene rings is 2. The molecule has 4 N–H and O–H groups in total. The van der Waals surface area contributed by atoms with Gasteiger partial charge in [0.1, 0.15) is 6.04 Å². The zero-order valence-corrected chi connectivity index (χ0v) is 16.9. The SMILES string of the molecule is NC(=O)C(Cc1ccccc1)NC(=O)c1cccc(S(=O)(=O)N2CCNC(=O)C2)c1. The molecule has 1 saturated heterocycles. The highest BCUT2D eigenvalue weighted by atomic mass is 32.2. The van der Waals surface area contributed by atoms with Crippen molar-refractivity contribution < 1.29 is 22.8 Å². The number of nitrogens with zero attached hydrogens (tertiary/aromatic N) is 1. The van der Waals surface area contributed by atoms with Crippen LogP contribution in [0.15, 0.2) is 59.5 Å². The molecule has 10 heteroatoms. The summed E-state index contributed by atoms with van der Waals surface area (Å²) in [7, 11) is -3.94. The molecule has 3 amide bonds. The number of carbonyl (C=O) groups excluding carboxylic acids is 3. The third-order valence-electron chi connectivity index (χ3n) is 4.67. The molecule has 2 aromatic carbocycles. The minimum atomic E-state index is -3.94. The summed E-state index contributed by atoms with van der Waals surface area (Å²) in [5, 5.41) is 5.12. The van der Waals surface area contributed by atoms with Gasteiger partial charge in [-0.05, 0) is 23.8 Å². The molecule has 1 fully saturated rings. The van der Waals surface area contributed by atoms with Crippen LogP contribution in [0.1, 0.15) is 15.9 Å². The van der Waals surface area contributed by atoms with Gasteiger partial charge in [0.05, 0.1) is 11.4 Å². The maximum atomic E-state index is 12.8. The van der Waals surface area contributed by atoms with Gasteiger partial charge in [0.2, 0.25) is 21.8 Å². The molecule has 1 heterocycles. The molecule has 1 atom stereocenters. The number of amides is 3. The fourth-order valence-electron chi connectivity index (χ4n) is 3.08. The molecule has 1 unspecified atom stereocenters. The lowest BCUT2D eigenvalue weighted by Crippen LogP contribution is -2.49. The second-order valence-electron chi connectivity index (χ2n) is 6.83.